The van der Waals surface area contributed by atoms with Crippen LogP contribution in [0, 0.1) is 0 Å². The molecule has 1 aliphatic rings. The molecule has 1 aliphatic heterocycles. The highest BCUT2D eigenvalue weighted by Crippen LogP contribution is 2.40. The molecule has 0 unspecified atom stereocenters. The molecule has 0 saturated carbocycles. The maximum Gasteiger partial charge on any atom is 0.232 e. The third-order valence-electron chi connectivity index (χ3n) is 7.13. The second-order valence-corrected chi connectivity index (χ2v) is 9.63. The Labute approximate surface area is 202 Å². The Bertz CT molecular complexity index is 1040. The van der Waals surface area contributed by atoms with Gasteiger partial charge in [0.15, 0.2) is 0 Å². The molecular formula is C29H34N2O3. The Hall–Kier alpha value is -3.31. The van der Waals surface area contributed by atoms with Gasteiger partial charge < -0.3 is 15.2 Å². The Morgan fingerprint density at radius 1 is 0.853 bits per heavy atom. The number of rotatable bonds is 10. The fourth-order valence-electron chi connectivity index (χ4n) is 4.81. The molecule has 4 rings (SSSR count). The molecule has 3 aromatic rings. The van der Waals surface area contributed by atoms with E-state index in [4.69, 9.17) is 15.2 Å². The Kier molecular flexibility index (Phi) is 6.94. The number of nitrogens with two attached hydrogens (primary N) is 1. The van der Waals surface area contributed by atoms with Crippen LogP contribution >= 0.6 is 0 Å². The Morgan fingerprint density at radius 2 is 1.35 bits per heavy atom. The monoisotopic (exact) mass is 458 g/mol. The van der Waals surface area contributed by atoms with Crippen molar-refractivity contribution in [2.75, 3.05) is 20.2 Å². The molecule has 1 saturated heterocycles. The summed E-state index contributed by atoms with van der Waals surface area (Å²) in [6.45, 7) is 6.16. The van der Waals surface area contributed by atoms with Gasteiger partial charge in [0.2, 0.25) is 5.91 Å². The van der Waals surface area contributed by atoms with Crippen molar-refractivity contribution >= 4 is 5.91 Å². The van der Waals surface area contributed by atoms with Gasteiger partial charge in [-0.2, -0.15) is 0 Å². The summed E-state index contributed by atoms with van der Waals surface area (Å²) in [5.74, 6) is 1.35. The number of hydrogen-bond donors (Lipinski definition) is 1. The highest BCUT2D eigenvalue weighted by atomic mass is 16.5. The first-order valence-corrected chi connectivity index (χ1v) is 11.8. The molecule has 1 fully saturated rings. The molecule has 0 spiro atoms. The van der Waals surface area contributed by atoms with Gasteiger partial charge in [-0.15, -0.1) is 0 Å². The van der Waals surface area contributed by atoms with E-state index in [0.717, 1.165) is 42.1 Å². The van der Waals surface area contributed by atoms with Crippen LogP contribution in [-0.4, -0.2) is 42.6 Å². The van der Waals surface area contributed by atoms with Crippen molar-refractivity contribution in [3.05, 3.63) is 96.1 Å². The van der Waals surface area contributed by atoms with Crippen LogP contribution in [0.15, 0.2) is 84.9 Å². The summed E-state index contributed by atoms with van der Waals surface area (Å²) in [5, 5.41) is 0. The zero-order valence-corrected chi connectivity index (χ0v) is 20.2. The van der Waals surface area contributed by atoms with E-state index in [1.807, 2.05) is 84.9 Å². The van der Waals surface area contributed by atoms with Gasteiger partial charge in [0.05, 0.1) is 12.5 Å². The molecule has 1 amide bonds. The number of carbonyl (C=O) groups excluding carboxylic acids is 1. The summed E-state index contributed by atoms with van der Waals surface area (Å²) in [6.07, 6.45) is 1.59. The summed E-state index contributed by atoms with van der Waals surface area (Å²) < 4.78 is 11.3. The first kappa shape index (κ1) is 23.8. The van der Waals surface area contributed by atoms with Crippen LogP contribution in [0.4, 0.5) is 0 Å². The number of primary amides is 1. The topological polar surface area (TPSA) is 64.8 Å². The number of methoxy groups -OCH3 is 1. The number of amides is 1. The predicted molar refractivity (Wildman–Crippen MR) is 135 cm³/mol. The molecule has 5 heteroatoms. The van der Waals surface area contributed by atoms with Crippen molar-refractivity contribution in [3.63, 3.8) is 0 Å². The highest BCUT2D eigenvalue weighted by molar-refractivity contribution is 5.90. The number of carbonyl (C=O) groups is 1. The second-order valence-electron chi connectivity index (χ2n) is 9.63. The van der Waals surface area contributed by atoms with Crippen LogP contribution in [0.1, 0.15) is 37.8 Å². The summed E-state index contributed by atoms with van der Waals surface area (Å²) in [6, 6.07) is 27.5. The van der Waals surface area contributed by atoms with Crippen LogP contribution in [0.3, 0.4) is 0 Å². The molecule has 0 bridgehead atoms. The van der Waals surface area contributed by atoms with Gasteiger partial charge >= 0.3 is 0 Å². The van der Waals surface area contributed by atoms with Gasteiger partial charge in [-0.3, -0.25) is 9.69 Å². The zero-order chi connectivity index (χ0) is 24.2. The highest BCUT2D eigenvalue weighted by Gasteiger charge is 2.44. The fraction of sp³-hybridized carbons (Fsp3) is 0.345. The van der Waals surface area contributed by atoms with E-state index >= 15 is 0 Å². The van der Waals surface area contributed by atoms with Crippen LogP contribution in [-0.2, 0) is 10.2 Å². The minimum Gasteiger partial charge on any atom is -0.497 e. The van der Waals surface area contributed by atoms with E-state index in [2.05, 4.69) is 18.7 Å². The molecule has 0 aromatic heterocycles. The van der Waals surface area contributed by atoms with E-state index in [1.165, 1.54) is 0 Å². The molecule has 3 aromatic carbocycles. The largest absolute Gasteiger partial charge is 0.497 e. The molecule has 0 aliphatic carbocycles. The molecule has 1 heterocycles. The number of nitrogens with zero attached hydrogens (tertiary/aromatic N) is 1. The van der Waals surface area contributed by atoms with Gasteiger partial charge in [0.1, 0.15) is 17.6 Å². The summed E-state index contributed by atoms with van der Waals surface area (Å²) in [4.78, 5) is 15.5. The lowest BCUT2D eigenvalue weighted by Gasteiger charge is -2.49. The van der Waals surface area contributed by atoms with Gasteiger partial charge in [0, 0.05) is 18.6 Å². The number of hydrogen-bond acceptors (Lipinski definition) is 4. The van der Waals surface area contributed by atoms with Crippen molar-refractivity contribution in [1.29, 1.82) is 0 Å². The quantitative estimate of drug-likeness (QED) is 0.475. The van der Waals surface area contributed by atoms with Gasteiger partial charge in [-0.1, -0.05) is 60.7 Å². The molecule has 0 radical (unpaired) electrons. The van der Waals surface area contributed by atoms with Gasteiger partial charge in [-0.25, -0.2) is 0 Å². The van der Waals surface area contributed by atoms with Crippen LogP contribution in [0.2, 0.25) is 0 Å². The summed E-state index contributed by atoms with van der Waals surface area (Å²) in [5.41, 5.74) is 7.03. The molecular weight excluding hydrogens is 424 g/mol. The van der Waals surface area contributed by atoms with Gasteiger partial charge in [-0.05, 0) is 62.1 Å². The smallest absolute Gasteiger partial charge is 0.232 e. The lowest BCUT2D eigenvalue weighted by atomic mass is 9.69. The number of benzene rings is 3. The van der Waals surface area contributed by atoms with E-state index in [0.29, 0.717) is 6.42 Å². The molecule has 0 atom stereocenters. The number of likely N-dealkylation sites (tertiary alicyclic amines) is 1. The van der Waals surface area contributed by atoms with Crippen molar-refractivity contribution in [1.82, 2.24) is 4.90 Å². The number of ether oxygens (including phenoxy) is 2. The van der Waals surface area contributed by atoms with E-state index in [1.54, 1.807) is 7.11 Å². The van der Waals surface area contributed by atoms with E-state index in [-0.39, 0.29) is 17.6 Å². The maximum absolute atomic E-state index is 13.1. The molecule has 2 N–H and O–H groups in total. The van der Waals surface area contributed by atoms with Crippen molar-refractivity contribution in [2.45, 2.75) is 43.7 Å². The van der Waals surface area contributed by atoms with Crippen molar-refractivity contribution < 1.29 is 14.3 Å². The van der Waals surface area contributed by atoms with Gasteiger partial charge in [0.25, 0.3) is 0 Å². The standard InChI is InChI=1S/C29H34N2O3/c1-28(2,31-20-26(21-31)34-25-16-14-24(33-3)15-17-25)18-19-29(27(30)32,22-10-6-4-7-11-22)23-12-8-5-9-13-23/h4-17,26H,18-21H2,1-3H3,(H2,30,32). The van der Waals surface area contributed by atoms with Crippen LogP contribution in [0.25, 0.3) is 0 Å². The molecule has 178 valence electrons. The van der Waals surface area contributed by atoms with E-state index < -0.39 is 5.41 Å². The van der Waals surface area contributed by atoms with Crippen molar-refractivity contribution in [2.24, 2.45) is 5.73 Å². The average molecular weight is 459 g/mol. The second kappa shape index (κ2) is 9.90. The van der Waals surface area contributed by atoms with Crippen LogP contribution < -0.4 is 15.2 Å². The fourth-order valence-corrected chi connectivity index (χ4v) is 4.81. The normalized spacial score (nSPS) is 14.9. The first-order chi connectivity index (χ1) is 16.3. The first-order valence-electron chi connectivity index (χ1n) is 11.8. The van der Waals surface area contributed by atoms with Crippen molar-refractivity contribution in [3.8, 4) is 11.5 Å². The third kappa shape index (κ3) is 4.80. The zero-order valence-electron chi connectivity index (χ0n) is 20.2. The third-order valence-corrected chi connectivity index (χ3v) is 7.13. The maximum atomic E-state index is 13.1. The Balaban J connectivity index is 1.46. The minimum absolute atomic E-state index is 0.107. The lowest BCUT2D eigenvalue weighted by Crippen LogP contribution is -2.62. The average Bonchev–Trinajstić information content (AvgIpc) is 2.83. The SMILES string of the molecule is COc1ccc(OC2CN(C(C)(C)CCC(C(N)=O)(c3ccccc3)c3ccccc3)C2)cc1. The summed E-state index contributed by atoms with van der Waals surface area (Å²) in [7, 11) is 1.66. The molecule has 34 heavy (non-hydrogen) atoms. The van der Waals surface area contributed by atoms with Crippen LogP contribution in [0.5, 0.6) is 11.5 Å². The predicted octanol–water partition coefficient (Wildman–Crippen LogP) is 4.79. The lowest BCUT2D eigenvalue weighted by molar-refractivity contribution is -0.122. The minimum atomic E-state index is -0.871. The summed E-state index contributed by atoms with van der Waals surface area (Å²) >= 11 is 0. The van der Waals surface area contributed by atoms with E-state index in [9.17, 15) is 4.79 Å². The Morgan fingerprint density at radius 3 is 1.82 bits per heavy atom. The molecule has 5 nitrogen and oxygen atoms in total.